The molecular formula is C8H19CaN3O. The second kappa shape index (κ2) is 8.00. The Labute approximate surface area is 112 Å². The van der Waals surface area contributed by atoms with Crippen molar-refractivity contribution in [3.63, 3.8) is 0 Å². The Morgan fingerprint density at radius 1 is 1.46 bits per heavy atom. The smallest absolute Gasteiger partial charge is 1.00 e. The van der Waals surface area contributed by atoms with E-state index >= 15 is 0 Å². The number of piperazine rings is 1. The van der Waals surface area contributed by atoms with Gasteiger partial charge in [-0.05, 0) is 13.0 Å². The fourth-order valence-electron chi connectivity index (χ4n) is 1.41. The number of amides is 1. The van der Waals surface area contributed by atoms with E-state index in [2.05, 4.69) is 10.2 Å². The first-order valence-electron chi connectivity index (χ1n) is 4.50. The number of hydrogen-bond donors (Lipinski definition) is 2. The second-order valence-corrected chi connectivity index (χ2v) is 3.16. The standard InChI is InChI=1S/C8H17N3O.Ca.2H/c9-8(12)2-1-5-11-6-3-10-4-7-11;;;/h10H,1-7H2,(H2,9,12);;;/q;+2;2*-1. The molecule has 0 aromatic rings. The zero-order valence-corrected chi connectivity index (χ0v) is 10.3. The first-order valence-corrected chi connectivity index (χ1v) is 4.50. The van der Waals surface area contributed by atoms with Gasteiger partial charge < -0.3 is 18.8 Å². The predicted octanol–water partition coefficient (Wildman–Crippen LogP) is -0.999. The van der Waals surface area contributed by atoms with Crippen LogP contribution in [0.5, 0.6) is 0 Å². The number of nitrogens with zero attached hydrogens (tertiary/aromatic N) is 1. The van der Waals surface area contributed by atoms with Gasteiger partial charge in [-0.15, -0.1) is 0 Å². The van der Waals surface area contributed by atoms with Gasteiger partial charge in [-0.25, -0.2) is 0 Å². The number of primary amides is 1. The molecular weight excluding hydrogens is 194 g/mol. The molecule has 1 aliphatic rings. The van der Waals surface area contributed by atoms with Crippen molar-refractivity contribution in [2.24, 2.45) is 5.73 Å². The van der Waals surface area contributed by atoms with Crippen LogP contribution < -0.4 is 11.1 Å². The van der Waals surface area contributed by atoms with Crippen LogP contribution in [0.4, 0.5) is 0 Å². The maximum absolute atomic E-state index is 10.4. The van der Waals surface area contributed by atoms with Crippen molar-refractivity contribution in [1.29, 1.82) is 0 Å². The molecule has 0 bridgehead atoms. The van der Waals surface area contributed by atoms with Gasteiger partial charge in [0.2, 0.25) is 5.91 Å². The summed E-state index contributed by atoms with van der Waals surface area (Å²) >= 11 is 0. The molecule has 74 valence electrons. The van der Waals surface area contributed by atoms with E-state index in [-0.39, 0.29) is 46.5 Å². The maximum Gasteiger partial charge on any atom is 2.00 e. The van der Waals surface area contributed by atoms with Crippen molar-refractivity contribution in [2.75, 3.05) is 32.7 Å². The number of nitrogens with two attached hydrogens (primary N) is 1. The molecule has 1 heterocycles. The molecule has 1 fully saturated rings. The fourth-order valence-corrected chi connectivity index (χ4v) is 1.41. The molecule has 1 amide bonds. The van der Waals surface area contributed by atoms with E-state index in [1.165, 1.54) is 0 Å². The first kappa shape index (κ1) is 13.6. The SMILES string of the molecule is NC(=O)CCCN1CCNCC1.[Ca+2].[H-].[H-]. The van der Waals surface area contributed by atoms with Gasteiger partial charge in [-0.3, -0.25) is 4.79 Å². The minimum Gasteiger partial charge on any atom is -1.00 e. The maximum atomic E-state index is 10.4. The summed E-state index contributed by atoms with van der Waals surface area (Å²) in [4.78, 5) is 12.8. The molecule has 0 atom stereocenters. The second-order valence-electron chi connectivity index (χ2n) is 3.16. The number of rotatable bonds is 4. The molecule has 1 aliphatic heterocycles. The van der Waals surface area contributed by atoms with Gasteiger partial charge in [0.1, 0.15) is 0 Å². The Kier molecular flexibility index (Phi) is 8.40. The van der Waals surface area contributed by atoms with Crippen molar-refractivity contribution in [1.82, 2.24) is 10.2 Å². The van der Waals surface area contributed by atoms with Crippen molar-refractivity contribution >= 4 is 43.6 Å². The van der Waals surface area contributed by atoms with Crippen LogP contribution in [0.15, 0.2) is 0 Å². The third kappa shape index (κ3) is 6.68. The fraction of sp³-hybridized carbons (Fsp3) is 0.875. The molecule has 0 aromatic heterocycles. The van der Waals surface area contributed by atoms with Crippen LogP contribution in [0.1, 0.15) is 15.7 Å². The average molecular weight is 213 g/mol. The van der Waals surface area contributed by atoms with Gasteiger partial charge >= 0.3 is 37.7 Å². The third-order valence-corrected chi connectivity index (χ3v) is 2.11. The predicted molar refractivity (Wildman–Crippen MR) is 55.7 cm³/mol. The normalized spacial score (nSPS) is 17.8. The third-order valence-electron chi connectivity index (χ3n) is 2.11. The molecule has 0 aromatic carbocycles. The minimum atomic E-state index is -0.190. The van der Waals surface area contributed by atoms with Crippen LogP contribution in [0.2, 0.25) is 0 Å². The van der Waals surface area contributed by atoms with Crippen molar-refractivity contribution in [3.8, 4) is 0 Å². The summed E-state index contributed by atoms with van der Waals surface area (Å²) in [7, 11) is 0. The summed E-state index contributed by atoms with van der Waals surface area (Å²) in [6.07, 6.45) is 1.42. The van der Waals surface area contributed by atoms with E-state index < -0.39 is 0 Å². The number of nitrogens with one attached hydrogen (secondary N) is 1. The molecule has 1 saturated heterocycles. The van der Waals surface area contributed by atoms with Crippen LogP contribution >= 0.6 is 0 Å². The Morgan fingerprint density at radius 2 is 2.08 bits per heavy atom. The number of carbonyl (C=O) groups is 1. The molecule has 13 heavy (non-hydrogen) atoms. The molecule has 0 unspecified atom stereocenters. The first-order chi connectivity index (χ1) is 5.79. The van der Waals surface area contributed by atoms with Crippen LogP contribution in [0.3, 0.4) is 0 Å². The van der Waals surface area contributed by atoms with Gasteiger partial charge in [0, 0.05) is 32.6 Å². The Bertz CT molecular complexity index is 157. The number of carbonyl (C=O) groups excluding carboxylic acids is 1. The van der Waals surface area contributed by atoms with Crippen molar-refractivity contribution in [3.05, 3.63) is 0 Å². The molecule has 0 saturated carbocycles. The monoisotopic (exact) mass is 213 g/mol. The largest absolute Gasteiger partial charge is 2.00 e. The zero-order chi connectivity index (χ0) is 8.81. The van der Waals surface area contributed by atoms with Crippen LogP contribution in [-0.2, 0) is 4.79 Å². The molecule has 0 aliphatic carbocycles. The summed E-state index contributed by atoms with van der Waals surface area (Å²) in [6, 6.07) is 0. The summed E-state index contributed by atoms with van der Waals surface area (Å²) < 4.78 is 0. The van der Waals surface area contributed by atoms with Gasteiger partial charge in [0.15, 0.2) is 0 Å². The van der Waals surface area contributed by atoms with E-state index in [1.54, 1.807) is 0 Å². The van der Waals surface area contributed by atoms with Gasteiger partial charge in [0.25, 0.3) is 0 Å². The average Bonchev–Trinajstić information content (AvgIpc) is 2.05. The van der Waals surface area contributed by atoms with E-state index in [9.17, 15) is 4.79 Å². The minimum absolute atomic E-state index is 0. The molecule has 1 rings (SSSR count). The van der Waals surface area contributed by atoms with Crippen molar-refractivity contribution in [2.45, 2.75) is 12.8 Å². The van der Waals surface area contributed by atoms with Crippen LogP contribution in [0, 0.1) is 0 Å². The van der Waals surface area contributed by atoms with Crippen LogP contribution in [0.25, 0.3) is 0 Å². The van der Waals surface area contributed by atoms with E-state index in [1.807, 2.05) is 0 Å². The quantitative estimate of drug-likeness (QED) is 0.589. The summed E-state index contributed by atoms with van der Waals surface area (Å²) in [5.74, 6) is -0.190. The van der Waals surface area contributed by atoms with Gasteiger partial charge in [-0.2, -0.15) is 0 Å². The molecule has 0 radical (unpaired) electrons. The topological polar surface area (TPSA) is 58.4 Å². The van der Waals surface area contributed by atoms with E-state index in [4.69, 9.17) is 5.73 Å². The summed E-state index contributed by atoms with van der Waals surface area (Å²) in [5, 5.41) is 3.28. The van der Waals surface area contributed by atoms with Gasteiger partial charge in [0.05, 0.1) is 0 Å². The zero-order valence-electron chi connectivity index (χ0n) is 10.1. The Balaban J connectivity index is -0.000000480. The summed E-state index contributed by atoms with van der Waals surface area (Å²) in [5.41, 5.74) is 5.04. The molecule has 0 spiro atoms. The molecule has 4 nitrogen and oxygen atoms in total. The van der Waals surface area contributed by atoms with E-state index in [0.717, 1.165) is 39.1 Å². The molecule has 3 N–H and O–H groups in total. The molecule has 5 heteroatoms. The Morgan fingerprint density at radius 3 is 2.62 bits per heavy atom. The van der Waals surface area contributed by atoms with E-state index in [0.29, 0.717) is 6.42 Å². The number of hydrogen-bond acceptors (Lipinski definition) is 3. The summed E-state index contributed by atoms with van der Waals surface area (Å²) in [6.45, 7) is 5.33. The van der Waals surface area contributed by atoms with Crippen molar-refractivity contribution < 1.29 is 7.65 Å². The Hall–Kier alpha value is 0.650. The van der Waals surface area contributed by atoms with Crippen LogP contribution in [-0.4, -0.2) is 81.3 Å². The van der Waals surface area contributed by atoms with Gasteiger partial charge in [-0.1, -0.05) is 0 Å².